The summed E-state index contributed by atoms with van der Waals surface area (Å²) in [5.41, 5.74) is 1.44. The van der Waals surface area contributed by atoms with Gasteiger partial charge in [-0.2, -0.15) is 0 Å². The Morgan fingerprint density at radius 2 is 1.84 bits per heavy atom. The average Bonchev–Trinajstić information content (AvgIpc) is 2.47. The third-order valence-corrected chi connectivity index (χ3v) is 4.36. The molecule has 1 heterocycles. The molecule has 0 amide bonds. The van der Waals surface area contributed by atoms with Gasteiger partial charge < -0.3 is 5.32 Å². The zero-order valence-electron chi connectivity index (χ0n) is 12.4. The van der Waals surface area contributed by atoms with Crippen LogP contribution in [-0.4, -0.2) is 30.6 Å². The predicted molar refractivity (Wildman–Crippen MR) is 82.2 cm³/mol. The van der Waals surface area contributed by atoms with Crippen LogP contribution in [-0.2, 0) is 6.54 Å². The van der Waals surface area contributed by atoms with Gasteiger partial charge in [0.05, 0.1) is 0 Å². The molecule has 1 unspecified atom stereocenters. The number of nitrogens with zero attached hydrogens (tertiary/aromatic N) is 1. The third-order valence-electron chi connectivity index (χ3n) is 4.36. The highest BCUT2D eigenvalue weighted by molar-refractivity contribution is 5.14. The van der Waals surface area contributed by atoms with Gasteiger partial charge >= 0.3 is 0 Å². The van der Waals surface area contributed by atoms with Gasteiger partial charge in [0.25, 0.3) is 0 Å². The third kappa shape index (κ3) is 4.32. The molecule has 0 aliphatic carbocycles. The van der Waals surface area contributed by atoms with E-state index in [4.69, 9.17) is 0 Å². The molecule has 0 radical (unpaired) electrons. The second-order valence-corrected chi connectivity index (χ2v) is 5.67. The molecule has 0 bridgehead atoms. The Labute approximate surface area is 118 Å². The number of rotatable bonds is 6. The maximum atomic E-state index is 3.65. The molecule has 1 saturated heterocycles. The molecular weight excluding hydrogens is 232 g/mol. The smallest absolute Gasteiger partial charge is 0.0233 e. The minimum absolute atomic E-state index is 0.726. The van der Waals surface area contributed by atoms with Gasteiger partial charge in [-0.15, -0.1) is 0 Å². The summed E-state index contributed by atoms with van der Waals surface area (Å²) in [6.07, 6.45) is 3.95. The zero-order chi connectivity index (χ0) is 13.5. The van der Waals surface area contributed by atoms with E-state index in [1.807, 2.05) is 0 Å². The summed E-state index contributed by atoms with van der Waals surface area (Å²) in [4.78, 5) is 2.60. The minimum atomic E-state index is 0.726. The highest BCUT2D eigenvalue weighted by Gasteiger charge is 2.24. The van der Waals surface area contributed by atoms with Crippen LogP contribution < -0.4 is 5.32 Å². The number of piperidine rings is 1. The van der Waals surface area contributed by atoms with E-state index in [-0.39, 0.29) is 0 Å². The first-order chi connectivity index (χ1) is 9.33. The highest BCUT2D eigenvalue weighted by atomic mass is 15.1. The highest BCUT2D eigenvalue weighted by Crippen LogP contribution is 2.23. The van der Waals surface area contributed by atoms with Crippen molar-refractivity contribution in [2.45, 2.75) is 45.7 Å². The Bertz CT molecular complexity index is 342. The van der Waals surface area contributed by atoms with E-state index in [0.717, 1.165) is 25.0 Å². The molecule has 1 aromatic carbocycles. The maximum Gasteiger partial charge on any atom is 0.0233 e. The van der Waals surface area contributed by atoms with Crippen LogP contribution in [0.25, 0.3) is 0 Å². The molecule has 0 spiro atoms. The van der Waals surface area contributed by atoms with Crippen LogP contribution >= 0.6 is 0 Å². The normalized spacial score (nSPS) is 19.5. The van der Waals surface area contributed by atoms with Gasteiger partial charge in [-0.1, -0.05) is 44.2 Å². The molecule has 2 rings (SSSR count). The summed E-state index contributed by atoms with van der Waals surface area (Å²) in [6.45, 7) is 9.24. The summed E-state index contributed by atoms with van der Waals surface area (Å²) >= 11 is 0. The molecule has 106 valence electrons. The molecule has 1 aliphatic rings. The van der Waals surface area contributed by atoms with Crippen molar-refractivity contribution in [3.05, 3.63) is 35.9 Å². The molecule has 0 saturated carbocycles. The van der Waals surface area contributed by atoms with Crippen molar-refractivity contribution >= 4 is 0 Å². The molecule has 2 heteroatoms. The van der Waals surface area contributed by atoms with Gasteiger partial charge in [-0.05, 0) is 50.4 Å². The number of hydrogen-bond acceptors (Lipinski definition) is 2. The lowest BCUT2D eigenvalue weighted by atomic mass is 9.88. The molecule has 0 aromatic heterocycles. The fourth-order valence-corrected chi connectivity index (χ4v) is 3.26. The molecular formula is C17H28N2. The standard InChI is InChI=1S/C17H28N2/c1-3-17(18-4-2)16-10-12-19(13-11-16)14-15-8-6-5-7-9-15/h5-9,16-18H,3-4,10-14H2,1-2H3. The van der Waals surface area contributed by atoms with Gasteiger partial charge in [0, 0.05) is 12.6 Å². The molecule has 1 fully saturated rings. The minimum Gasteiger partial charge on any atom is -0.314 e. The second kappa shape index (κ2) is 7.66. The van der Waals surface area contributed by atoms with E-state index in [9.17, 15) is 0 Å². The van der Waals surface area contributed by atoms with Gasteiger partial charge in [0.15, 0.2) is 0 Å². The Hall–Kier alpha value is -0.860. The maximum absolute atomic E-state index is 3.65. The van der Waals surface area contributed by atoms with E-state index in [0.29, 0.717) is 0 Å². The predicted octanol–water partition coefficient (Wildman–Crippen LogP) is 3.29. The van der Waals surface area contributed by atoms with Crippen molar-refractivity contribution in [2.75, 3.05) is 19.6 Å². The summed E-state index contributed by atoms with van der Waals surface area (Å²) in [5.74, 6) is 0.872. The Balaban J connectivity index is 1.79. The van der Waals surface area contributed by atoms with Crippen molar-refractivity contribution in [3.8, 4) is 0 Å². The fourth-order valence-electron chi connectivity index (χ4n) is 3.26. The molecule has 1 aromatic rings. The zero-order valence-corrected chi connectivity index (χ0v) is 12.4. The van der Waals surface area contributed by atoms with Crippen LogP contribution in [0.5, 0.6) is 0 Å². The molecule has 1 aliphatic heterocycles. The first-order valence-electron chi connectivity index (χ1n) is 7.83. The number of nitrogens with one attached hydrogen (secondary N) is 1. The number of benzene rings is 1. The molecule has 1 N–H and O–H groups in total. The summed E-state index contributed by atoms with van der Waals surface area (Å²) in [6, 6.07) is 11.6. The topological polar surface area (TPSA) is 15.3 Å². The number of hydrogen-bond donors (Lipinski definition) is 1. The van der Waals surface area contributed by atoms with Crippen molar-refractivity contribution < 1.29 is 0 Å². The van der Waals surface area contributed by atoms with Gasteiger partial charge in [0.2, 0.25) is 0 Å². The first-order valence-corrected chi connectivity index (χ1v) is 7.83. The Morgan fingerprint density at radius 1 is 1.16 bits per heavy atom. The average molecular weight is 260 g/mol. The van der Waals surface area contributed by atoms with E-state index < -0.39 is 0 Å². The molecule has 19 heavy (non-hydrogen) atoms. The summed E-state index contributed by atoms with van der Waals surface area (Å²) < 4.78 is 0. The van der Waals surface area contributed by atoms with E-state index in [2.05, 4.69) is 54.4 Å². The van der Waals surface area contributed by atoms with Crippen LogP contribution in [0.1, 0.15) is 38.7 Å². The lowest BCUT2D eigenvalue weighted by Gasteiger charge is -2.36. The second-order valence-electron chi connectivity index (χ2n) is 5.67. The fraction of sp³-hybridized carbons (Fsp3) is 0.647. The van der Waals surface area contributed by atoms with Crippen LogP contribution in [0.3, 0.4) is 0 Å². The van der Waals surface area contributed by atoms with Crippen molar-refractivity contribution in [1.29, 1.82) is 0 Å². The summed E-state index contributed by atoms with van der Waals surface area (Å²) in [7, 11) is 0. The SMILES string of the molecule is CCNC(CC)C1CCN(Cc2ccccc2)CC1. The quantitative estimate of drug-likeness (QED) is 0.844. The Kier molecular flexibility index (Phi) is 5.87. The molecule has 1 atom stereocenters. The van der Waals surface area contributed by atoms with Crippen LogP contribution in [0.2, 0.25) is 0 Å². The van der Waals surface area contributed by atoms with Gasteiger partial charge in [-0.3, -0.25) is 4.90 Å². The monoisotopic (exact) mass is 260 g/mol. The van der Waals surface area contributed by atoms with Crippen molar-refractivity contribution in [3.63, 3.8) is 0 Å². The summed E-state index contributed by atoms with van der Waals surface area (Å²) in [5, 5.41) is 3.65. The van der Waals surface area contributed by atoms with E-state index in [1.165, 1.54) is 37.9 Å². The molecule has 2 nitrogen and oxygen atoms in total. The lowest BCUT2D eigenvalue weighted by Crippen LogP contribution is -2.42. The Morgan fingerprint density at radius 3 is 2.42 bits per heavy atom. The lowest BCUT2D eigenvalue weighted by molar-refractivity contribution is 0.151. The van der Waals surface area contributed by atoms with Crippen molar-refractivity contribution in [2.24, 2.45) is 5.92 Å². The number of likely N-dealkylation sites (tertiary alicyclic amines) is 1. The largest absolute Gasteiger partial charge is 0.314 e. The van der Waals surface area contributed by atoms with Crippen LogP contribution in [0, 0.1) is 5.92 Å². The van der Waals surface area contributed by atoms with Gasteiger partial charge in [-0.25, -0.2) is 0 Å². The van der Waals surface area contributed by atoms with Crippen LogP contribution in [0.15, 0.2) is 30.3 Å². The van der Waals surface area contributed by atoms with Gasteiger partial charge in [0.1, 0.15) is 0 Å². The van der Waals surface area contributed by atoms with Crippen molar-refractivity contribution in [1.82, 2.24) is 10.2 Å². The van der Waals surface area contributed by atoms with Crippen LogP contribution in [0.4, 0.5) is 0 Å². The van der Waals surface area contributed by atoms with E-state index >= 15 is 0 Å². The first kappa shape index (κ1) is 14.5. The van der Waals surface area contributed by atoms with E-state index in [1.54, 1.807) is 0 Å².